The Kier molecular flexibility index (Phi) is 2.67. The molecule has 1 spiro atoms. The third-order valence-corrected chi connectivity index (χ3v) is 78.4. The van der Waals surface area contributed by atoms with Crippen LogP contribution in [0.2, 0.25) is 42.3 Å². The van der Waals surface area contributed by atoms with Crippen molar-refractivity contribution in [2.75, 3.05) is 6.16 Å². The maximum absolute atomic E-state index is 5.49. The molecule has 8 bridgehead atoms. The van der Waals surface area contributed by atoms with E-state index >= 15 is 0 Å². The van der Waals surface area contributed by atoms with Gasteiger partial charge in [-0.2, -0.15) is 0 Å². The number of benzene rings is 1. The molecule has 6 atom stereocenters. The van der Waals surface area contributed by atoms with Crippen LogP contribution in [0.3, 0.4) is 0 Å². The van der Waals surface area contributed by atoms with Crippen LogP contribution in [0.4, 0.5) is 0 Å². The third kappa shape index (κ3) is 0.945. The van der Waals surface area contributed by atoms with Gasteiger partial charge in [-0.3, -0.25) is 0 Å². The van der Waals surface area contributed by atoms with Crippen molar-refractivity contribution in [2.45, 2.75) is 127 Å². The Morgan fingerprint density at radius 1 is 0.585 bits per heavy atom. The summed E-state index contributed by atoms with van der Waals surface area (Å²) in [4.78, 5) is 19.2. The van der Waals surface area contributed by atoms with Gasteiger partial charge in [0.05, 0.1) is 0 Å². The first-order valence-corrected chi connectivity index (χ1v) is 30.8. The first kappa shape index (κ1) is 27.5. The predicted octanol–water partition coefficient (Wildman–Crippen LogP) is 12.0. The van der Waals surface area contributed by atoms with Gasteiger partial charge in [0, 0.05) is 0 Å². The van der Waals surface area contributed by atoms with E-state index < -0.39 is 6.51 Å². The van der Waals surface area contributed by atoms with Crippen LogP contribution in [-0.4, -0.2) is 27.4 Å². The molecule has 3 aromatic rings. The molecule has 5 heteroatoms. The van der Waals surface area contributed by atoms with Crippen molar-refractivity contribution >= 4 is 17.2 Å². The fourth-order valence-corrected chi connectivity index (χ4v) is 122. The molecule has 10 saturated heterocycles. The van der Waals surface area contributed by atoms with Gasteiger partial charge >= 0.3 is 311 Å². The molecule has 1 aromatic carbocycles. The second-order valence-electron chi connectivity index (χ2n) is 25.1. The Morgan fingerprint density at radius 2 is 1.04 bits per heavy atom. The van der Waals surface area contributed by atoms with E-state index in [-0.39, 0.29) is 13.1 Å². The zero-order valence-electron chi connectivity index (χ0n) is 30.9. The predicted molar refractivity (Wildman–Crippen MR) is 212 cm³/mol. The molecule has 18 aliphatic rings. The molecule has 0 radical (unpaired) electrons. The summed E-state index contributed by atoms with van der Waals surface area (Å²) in [6.45, 7) is -4.45. The summed E-state index contributed by atoms with van der Waals surface area (Å²) in [7, 11) is 3.81. The second kappa shape index (κ2) is 5.15. The first-order valence-electron chi connectivity index (χ1n) is 22.5. The van der Waals surface area contributed by atoms with Crippen molar-refractivity contribution in [1.82, 2.24) is 9.97 Å². The monoisotopic (exact) mass is 776 g/mol. The van der Waals surface area contributed by atoms with Gasteiger partial charge in [-0.1, -0.05) is 0 Å². The molecule has 8 saturated carbocycles. The van der Waals surface area contributed by atoms with Crippen LogP contribution in [0.15, 0.2) is 79.1 Å². The molecule has 8 aliphatic carbocycles. The van der Waals surface area contributed by atoms with Crippen LogP contribution in [0.1, 0.15) is 81.2 Å². The minimum absolute atomic E-state index is 0.0103. The Balaban J connectivity index is 0.907. The molecule has 2 aromatic heterocycles. The molecule has 12 heterocycles. The molecular weight excluding hydrogens is 722 g/mol. The number of pyridine rings is 2. The quantitative estimate of drug-likeness (QED) is 0.168. The van der Waals surface area contributed by atoms with Crippen molar-refractivity contribution < 1.29 is 6.51 Å². The summed E-state index contributed by atoms with van der Waals surface area (Å²) in [5, 5.41) is -0.128. The zero-order valence-corrected chi connectivity index (χ0v) is 34.0. The third-order valence-electron chi connectivity index (χ3n) is 28.7. The van der Waals surface area contributed by atoms with Crippen LogP contribution in [0, 0.1) is 47.3 Å². The molecule has 0 amide bonds. The summed E-state index contributed by atoms with van der Waals surface area (Å²) in [5.41, 5.74) is 6.89. The number of hydrogen-bond acceptors (Lipinski definition) is 2. The van der Waals surface area contributed by atoms with E-state index in [1.54, 1.807) is 70.4 Å². The minimum atomic E-state index is -4.45. The normalized spacial score (nSPS) is 70.6. The molecule has 53 heavy (non-hydrogen) atoms. The van der Waals surface area contributed by atoms with Crippen LogP contribution in [0.5, 0.6) is 0 Å². The zero-order chi connectivity index (χ0) is 33.8. The van der Waals surface area contributed by atoms with E-state index in [4.69, 9.17) is 9.97 Å². The molecule has 2 nitrogen and oxygen atoms in total. The van der Waals surface area contributed by atoms with Crippen LogP contribution >= 0.6 is 17.2 Å². The van der Waals surface area contributed by atoms with E-state index in [0.717, 1.165) is 68.3 Å². The maximum atomic E-state index is 5.49. The molecule has 274 valence electrons. The average Bonchev–Trinajstić information content (AvgIpc) is 4.13. The van der Waals surface area contributed by atoms with Crippen molar-refractivity contribution in [3.63, 3.8) is 0 Å². The van der Waals surface area contributed by atoms with E-state index in [2.05, 4.69) is 88.4 Å². The number of aromatic nitrogens is 2. The number of nitrogens with zero attached hydrogens (tertiary/aromatic N) is 2. The molecule has 21 rings (SSSR count). The standard InChI is InChI=1S/C43H49N2P2.C5H5.Fe/c46-43(39-10-4-6-12-44-39,40-11-5-7-13-45-40)38-25-32(31-8-2-1-3-9-31)24-37(38)26-47(41-33-16-27-14-28(18-33)19-34(41)17-27)42-35-20-29-15-30(22-35)23-36(42)21-29;1-2-4-5-3-1;/h1-13,24-25,27-30,33-36,41-42H,14-23,26,46H2;1-5H;. The summed E-state index contributed by atoms with van der Waals surface area (Å²) >= 11 is 0. The average molecular weight is 777 g/mol. The van der Waals surface area contributed by atoms with Gasteiger partial charge in [0.1, 0.15) is 0 Å². The number of fused-ring (bicyclic) bond motifs is 10. The van der Waals surface area contributed by atoms with Gasteiger partial charge < -0.3 is 0 Å². The van der Waals surface area contributed by atoms with Crippen molar-refractivity contribution in [3.8, 4) is 0 Å². The van der Waals surface area contributed by atoms with Crippen LogP contribution < -0.4 is 0 Å². The van der Waals surface area contributed by atoms with Crippen molar-refractivity contribution in [3.05, 3.63) is 96.1 Å². The van der Waals surface area contributed by atoms with Crippen molar-refractivity contribution in [1.29, 1.82) is 0 Å². The van der Waals surface area contributed by atoms with Gasteiger partial charge in [0.25, 0.3) is 0 Å². The number of rotatable bonds is 8. The molecular formula is C48H54FeN2P2. The molecule has 18 fully saturated rings. The van der Waals surface area contributed by atoms with Crippen LogP contribution in [0.25, 0.3) is 0 Å². The van der Waals surface area contributed by atoms with Gasteiger partial charge in [0.2, 0.25) is 0 Å². The van der Waals surface area contributed by atoms with Gasteiger partial charge in [0.15, 0.2) is 0 Å². The Bertz CT molecular complexity index is 2550. The Labute approximate surface area is 308 Å². The summed E-state index contributed by atoms with van der Waals surface area (Å²) < 4.78 is 1.84. The van der Waals surface area contributed by atoms with Gasteiger partial charge in [-0.05, 0) is 0 Å². The summed E-state index contributed by atoms with van der Waals surface area (Å²) in [5.74, 6) is 8.74. The second-order valence-corrected chi connectivity index (χ2v) is 51.5. The fraction of sp³-hybridized carbons (Fsp3) is 0.667. The summed E-state index contributed by atoms with van der Waals surface area (Å²) in [6, 6.07) is 26.7. The topological polar surface area (TPSA) is 25.8 Å². The SMILES string of the molecule is PC(c1ccccn1)(c1ccccn1)[C]12[CH]3[C]4(c5ccccc5)[CH]5[C]1(CP(C1C6CC7CC(C6)CC1C7)C1C6CC7CC(C6)CC1C7)[Fe]53421678[CH]2[CH]1[CH]6[CH]7[CH]28. The van der Waals surface area contributed by atoms with E-state index in [9.17, 15) is 0 Å². The van der Waals surface area contributed by atoms with E-state index in [1.165, 1.54) is 35.5 Å². The van der Waals surface area contributed by atoms with Gasteiger partial charge in [-0.25, -0.2) is 0 Å². The van der Waals surface area contributed by atoms with Crippen molar-refractivity contribution in [2.24, 2.45) is 47.3 Å². The first-order chi connectivity index (χ1) is 25.8. The van der Waals surface area contributed by atoms with Crippen LogP contribution in [-0.2, 0) is 16.0 Å². The Morgan fingerprint density at radius 3 is 1.45 bits per heavy atom. The molecule has 0 N–H and O–H groups in total. The Hall–Kier alpha value is -1.10. The van der Waals surface area contributed by atoms with E-state index in [1.807, 2.05) is 5.56 Å². The number of hydrogen-bond donors (Lipinski definition) is 0. The molecule has 10 aliphatic heterocycles. The fourth-order valence-electron chi connectivity index (χ4n) is 31.7. The van der Waals surface area contributed by atoms with Gasteiger partial charge in [-0.15, -0.1) is 0 Å². The van der Waals surface area contributed by atoms with E-state index in [0.29, 0.717) is 12.9 Å². The summed E-state index contributed by atoms with van der Waals surface area (Å²) in [6.07, 6.45) is 22.3. The molecule has 6 unspecified atom stereocenters.